The SMILES string of the molecule is CCC(C)CC(O)c1ccc(O)c(CN(CCCCCCCCCCCc2ccccc2)CC(O)c2cccc(CO)c2)c1. The molecule has 3 atom stereocenters. The van der Waals surface area contributed by atoms with Crippen molar-refractivity contribution in [2.24, 2.45) is 5.92 Å². The molecular formula is C39H57NO4. The third-order valence-electron chi connectivity index (χ3n) is 8.94. The second-order valence-electron chi connectivity index (χ2n) is 12.7. The third-order valence-corrected chi connectivity index (χ3v) is 8.94. The zero-order chi connectivity index (χ0) is 31.6. The molecule has 3 rings (SSSR count). The summed E-state index contributed by atoms with van der Waals surface area (Å²) in [6.45, 7) is 5.96. The molecule has 0 bridgehead atoms. The summed E-state index contributed by atoms with van der Waals surface area (Å²) in [6, 6.07) is 23.7. The van der Waals surface area contributed by atoms with Crippen LogP contribution in [0.5, 0.6) is 5.75 Å². The van der Waals surface area contributed by atoms with Crippen LogP contribution in [0.25, 0.3) is 0 Å². The molecule has 0 saturated carbocycles. The number of aromatic hydroxyl groups is 1. The van der Waals surface area contributed by atoms with E-state index in [0.29, 0.717) is 25.4 Å². The van der Waals surface area contributed by atoms with Crippen LogP contribution in [-0.2, 0) is 19.6 Å². The molecule has 44 heavy (non-hydrogen) atoms. The molecule has 0 spiro atoms. The maximum Gasteiger partial charge on any atom is 0.120 e. The Bertz CT molecular complexity index is 1180. The first-order valence-corrected chi connectivity index (χ1v) is 17.0. The van der Waals surface area contributed by atoms with Gasteiger partial charge in [-0.3, -0.25) is 4.90 Å². The van der Waals surface area contributed by atoms with Crippen molar-refractivity contribution in [2.45, 2.75) is 116 Å². The normalized spacial score (nSPS) is 13.7. The predicted octanol–water partition coefficient (Wildman–Crippen LogP) is 8.64. The fourth-order valence-electron chi connectivity index (χ4n) is 5.89. The van der Waals surface area contributed by atoms with Gasteiger partial charge in [0.1, 0.15) is 5.75 Å². The van der Waals surface area contributed by atoms with Crippen molar-refractivity contribution in [3.05, 3.63) is 101 Å². The van der Waals surface area contributed by atoms with E-state index in [9.17, 15) is 20.4 Å². The van der Waals surface area contributed by atoms with Gasteiger partial charge in [0.05, 0.1) is 18.8 Å². The molecule has 0 aliphatic rings. The predicted molar refractivity (Wildman–Crippen MR) is 181 cm³/mol. The Morgan fingerprint density at radius 3 is 2.00 bits per heavy atom. The number of aliphatic hydroxyl groups excluding tert-OH is 3. The Morgan fingerprint density at radius 2 is 1.32 bits per heavy atom. The molecule has 5 nitrogen and oxygen atoms in total. The molecule has 0 heterocycles. The average Bonchev–Trinajstić information content (AvgIpc) is 3.04. The van der Waals surface area contributed by atoms with Crippen molar-refractivity contribution in [1.82, 2.24) is 4.90 Å². The van der Waals surface area contributed by atoms with Crippen molar-refractivity contribution in [2.75, 3.05) is 13.1 Å². The molecule has 0 fully saturated rings. The number of unbranched alkanes of at least 4 members (excludes halogenated alkanes) is 8. The highest BCUT2D eigenvalue weighted by atomic mass is 16.3. The molecule has 3 aromatic carbocycles. The quantitative estimate of drug-likeness (QED) is 0.0864. The lowest BCUT2D eigenvalue weighted by Gasteiger charge is -2.26. The topological polar surface area (TPSA) is 84.2 Å². The number of nitrogens with zero attached hydrogens (tertiary/aromatic N) is 1. The molecule has 0 aliphatic heterocycles. The summed E-state index contributed by atoms with van der Waals surface area (Å²) in [5.41, 5.74) is 4.61. The van der Waals surface area contributed by atoms with Gasteiger partial charge in [-0.25, -0.2) is 0 Å². The number of aliphatic hydroxyl groups is 3. The van der Waals surface area contributed by atoms with Crippen molar-refractivity contribution in [3.63, 3.8) is 0 Å². The highest BCUT2D eigenvalue weighted by Crippen LogP contribution is 2.29. The first-order chi connectivity index (χ1) is 21.4. The Labute approximate surface area is 266 Å². The molecule has 0 amide bonds. The first-order valence-electron chi connectivity index (χ1n) is 17.0. The van der Waals surface area contributed by atoms with E-state index >= 15 is 0 Å². The van der Waals surface area contributed by atoms with Crippen LogP contribution >= 0.6 is 0 Å². The van der Waals surface area contributed by atoms with Gasteiger partial charge in [0.2, 0.25) is 0 Å². The van der Waals surface area contributed by atoms with E-state index in [1.807, 2.05) is 36.4 Å². The summed E-state index contributed by atoms with van der Waals surface area (Å²) in [5.74, 6) is 0.637. The average molecular weight is 604 g/mol. The van der Waals surface area contributed by atoms with Crippen LogP contribution in [0.3, 0.4) is 0 Å². The zero-order valence-electron chi connectivity index (χ0n) is 27.2. The second kappa shape index (κ2) is 20.4. The maximum atomic E-state index is 11.1. The van der Waals surface area contributed by atoms with Crippen LogP contribution < -0.4 is 0 Å². The van der Waals surface area contributed by atoms with Gasteiger partial charge in [-0.05, 0) is 72.5 Å². The summed E-state index contributed by atoms with van der Waals surface area (Å²) in [6.07, 6.45) is 12.7. The van der Waals surface area contributed by atoms with E-state index in [1.165, 1.54) is 56.9 Å². The monoisotopic (exact) mass is 603 g/mol. The van der Waals surface area contributed by atoms with Gasteiger partial charge in [-0.2, -0.15) is 0 Å². The summed E-state index contributed by atoms with van der Waals surface area (Å²) >= 11 is 0. The van der Waals surface area contributed by atoms with E-state index in [-0.39, 0.29) is 12.4 Å². The van der Waals surface area contributed by atoms with Crippen LogP contribution in [0, 0.1) is 5.92 Å². The number of phenols is 1. The van der Waals surface area contributed by atoms with E-state index in [1.54, 1.807) is 6.07 Å². The van der Waals surface area contributed by atoms with Gasteiger partial charge in [0.25, 0.3) is 0 Å². The number of phenolic OH excluding ortho intramolecular Hbond substituents is 1. The van der Waals surface area contributed by atoms with Gasteiger partial charge in [-0.15, -0.1) is 0 Å². The molecular weight excluding hydrogens is 546 g/mol. The summed E-state index contributed by atoms with van der Waals surface area (Å²) < 4.78 is 0. The van der Waals surface area contributed by atoms with Crippen molar-refractivity contribution in [1.29, 1.82) is 0 Å². The number of aryl methyl sites for hydroxylation is 1. The van der Waals surface area contributed by atoms with Crippen molar-refractivity contribution >= 4 is 0 Å². The van der Waals surface area contributed by atoms with Gasteiger partial charge in [0, 0.05) is 18.7 Å². The second-order valence-corrected chi connectivity index (χ2v) is 12.7. The lowest BCUT2D eigenvalue weighted by Crippen LogP contribution is -2.29. The van der Waals surface area contributed by atoms with Gasteiger partial charge >= 0.3 is 0 Å². The van der Waals surface area contributed by atoms with Crippen LogP contribution in [0.2, 0.25) is 0 Å². The molecule has 0 aliphatic carbocycles. The molecule has 3 unspecified atom stereocenters. The lowest BCUT2D eigenvalue weighted by atomic mass is 9.95. The molecule has 3 aromatic rings. The third kappa shape index (κ3) is 13.1. The van der Waals surface area contributed by atoms with Gasteiger partial charge in [0.15, 0.2) is 0 Å². The zero-order valence-corrected chi connectivity index (χ0v) is 27.2. The number of hydrogen-bond acceptors (Lipinski definition) is 5. The number of hydrogen-bond donors (Lipinski definition) is 4. The highest BCUT2D eigenvalue weighted by Gasteiger charge is 2.18. The van der Waals surface area contributed by atoms with Gasteiger partial charge in [-0.1, -0.05) is 126 Å². The van der Waals surface area contributed by atoms with Crippen molar-refractivity contribution < 1.29 is 20.4 Å². The van der Waals surface area contributed by atoms with Crippen LogP contribution in [0.4, 0.5) is 0 Å². The highest BCUT2D eigenvalue weighted by molar-refractivity contribution is 5.37. The Hall–Kier alpha value is -2.70. The van der Waals surface area contributed by atoms with Crippen LogP contribution in [-0.4, -0.2) is 38.4 Å². The van der Waals surface area contributed by atoms with E-state index in [2.05, 4.69) is 49.1 Å². The van der Waals surface area contributed by atoms with E-state index < -0.39 is 12.2 Å². The molecule has 0 saturated heterocycles. The molecule has 5 heteroatoms. The minimum atomic E-state index is -0.704. The van der Waals surface area contributed by atoms with E-state index in [4.69, 9.17) is 0 Å². The molecule has 4 N–H and O–H groups in total. The Kier molecular flexibility index (Phi) is 16.5. The molecule has 242 valence electrons. The Morgan fingerprint density at radius 1 is 0.682 bits per heavy atom. The van der Waals surface area contributed by atoms with Gasteiger partial charge < -0.3 is 20.4 Å². The maximum absolute atomic E-state index is 11.1. The summed E-state index contributed by atoms with van der Waals surface area (Å²) in [5, 5.41) is 42.2. The largest absolute Gasteiger partial charge is 0.508 e. The summed E-state index contributed by atoms with van der Waals surface area (Å²) in [7, 11) is 0. The number of rotatable bonds is 22. The number of benzene rings is 3. The van der Waals surface area contributed by atoms with E-state index in [0.717, 1.165) is 48.1 Å². The minimum absolute atomic E-state index is 0.0579. The fraction of sp³-hybridized carbons (Fsp3) is 0.538. The lowest BCUT2D eigenvalue weighted by molar-refractivity contribution is 0.107. The smallest absolute Gasteiger partial charge is 0.120 e. The first kappa shape index (κ1) is 35.8. The Balaban J connectivity index is 1.49. The standard InChI is InChI=1S/C39H57NO4/c1-3-31(2)25-38(43)35-22-23-37(42)36(27-35)28-40(29-39(44)34-21-16-20-33(26-34)30-41)24-15-10-8-6-4-5-7-9-12-17-32-18-13-11-14-19-32/h11,13-14,16,18-23,26-27,31,38-39,41-44H,3-10,12,15,17,24-25,28-30H2,1-2H3. The fourth-order valence-corrected chi connectivity index (χ4v) is 5.89. The van der Waals surface area contributed by atoms with Crippen LogP contribution in [0.1, 0.15) is 125 Å². The van der Waals surface area contributed by atoms with Crippen LogP contribution in [0.15, 0.2) is 72.8 Å². The van der Waals surface area contributed by atoms with Crippen molar-refractivity contribution in [3.8, 4) is 5.75 Å². The molecule has 0 radical (unpaired) electrons. The summed E-state index contributed by atoms with van der Waals surface area (Å²) in [4.78, 5) is 2.21. The molecule has 0 aromatic heterocycles. The minimum Gasteiger partial charge on any atom is -0.508 e.